The molecule has 0 aliphatic rings. The summed E-state index contributed by atoms with van der Waals surface area (Å²) in [6, 6.07) is 18.1. The van der Waals surface area contributed by atoms with Crippen LogP contribution in [0.5, 0.6) is 11.5 Å². The van der Waals surface area contributed by atoms with Gasteiger partial charge in [0, 0.05) is 17.2 Å². The van der Waals surface area contributed by atoms with Crippen LogP contribution in [0.3, 0.4) is 0 Å². The maximum absolute atomic E-state index is 12.3. The van der Waals surface area contributed by atoms with Crippen LogP contribution < -0.4 is 10.2 Å². The summed E-state index contributed by atoms with van der Waals surface area (Å²) >= 11 is 0. The van der Waals surface area contributed by atoms with Crippen molar-refractivity contribution in [3.63, 3.8) is 0 Å². The first-order chi connectivity index (χ1) is 17.3. The molecule has 0 aliphatic heterocycles. The van der Waals surface area contributed by atoms with E-state index in [1.807, 2.05) is 0 Å². The average molecular weight is 484 g/mol. The van der Waals surface area contributed by atoms with Gasteiger partial charge < -0.3 is 28.8 Å². The number of benzene rings is 2. The van der Waals surface area contributed by atoms with Gasteiger partial charge in [0.2, 0.25) is 11.2 Å². The van der Waals surface area contributed by atoms with E-state index in [4.69, 9.17) is 18.7 Å². The van der Waals surface area contributed by atoms with Crippen LogP contribution in [0.25, 0.3) is 45.6 Å². The van der Waals surface area contributed by atoms with Crippen molar-refractivity contribution >= 4 is 5.97 Å². The Hall–Kier alpha value is -5.05. The van der Waals surface area contributed by atoms with E-state index >= 15 is 0 Å². The average Bonchev–Trinajstić information content (AvgIpc) is 3.54. The summed E-state index contributed by atoms with van der Waals surface area (Å²) in [5, 5.41) is 19.6. The van der Waals surface area contributed by atoms with E-state index in [1.165, 1.54) is 18.2 Å². The second-order valence-corrected chi connectivity index (χ2v) is 7.98. The highest BCUT2D eigenvalue weighted by Gasteiger charge is 2.23. The number of rotatable bonds is 6. The number of furan rings is 1. The molecule has 5 rings (SSSR count). The van der Waals surface area contributed by atoms with Crippen LogP contribution in [0, 0.1) is 6.92 Å². The summed E-state index contributed by atoms with van der Waals surface area (Å²) in [6.45, 7) is 1.61. The summed E-state index contributed by atoms with van der Waals surface area (Å²) in [5.74, 6) is 0.637. The van der Waals surface area contributed by atoms with Crippen molar-refractivity contribution in [1.82, 2.24) is 9.97 Å². The predicted molar refractivity (Wildman–Crippen MR) is 131 cm³/mol. The third-order valence-corrected chi connectivity index (χ3v) is 5.60. The Kier molecular flexibility index (Phi) is 5.65. The maximum atomic E-state index is 12.3. The van der Waals surface area contributed by atoms with Crippen LogP contribution in [0.4, 0.5) is 0 Å². The first-order valence-corrected chi connectivity index (χ1v) is 10.9. The van der Waals surface area contributed by atoms with Crippen molar-refractivity contribution < 1.29 is 28.6 Å². The number of imidazole rings is 1. The Morgan fingerprint density at radius 3 is 2.28 bits per heavy atom. The van der Waals surface area contributed by atoms with Crippen LogP contribution >= 0.6 is 0 Å². The Labute approximate surface area is 204 Å². The third kappa shape index (κ3) is 4.14. The Morgan fingerprint density at radius 1 is 0.944 bits per heavy atom. The van der Waals surface area contributed by atoms with Crippen LogP contribution in [0.2, 0.25) is 0 Å². The van der Waals surface area contributed by atoms with Gasteiger partial charge in [0.05, 0.1) is 12.7 Å². The Balaban J connectivity index is 1.62. The number of H-pyrrole nitrogens is 1. The highest BCUT2D eigenvalue weighted by atomic mass is 16.5. The molecule has 0 fully saturated rings. The fourth-order valence-corrected chi connectivity index (χ4v) is 3.78. The Bertz CT molecular complexity index is 1620. The van der Waals surface area contributed by atoms with Gasteiger partial charge in [0.1, 0.15) is 28.7 Å². The highest BCUT2D eigenvalue weighted by Crippen LogP contribution is 2.38. The van der Waals surface area contributed by atoms with E-state index in [2.05, 4.69) is 9.97 Å². The molecule has 3 N–H and O–H groups in total. The second-order valence-electron chi connectivity index (χ2n) is 7.98. The molecular formula is C27H20N2O7. The normalized spacial score (nSPS) is 10.9. The van der Waals surface area contributed by atoms with Gasteiger partial charge in [0.15, 0.2) is 17.3 Å². The minimum Gasteiger partial charge on any atom is -0.501 e. The molecular weight excluding hydrogens is 464 g/mol. The third-order valence-electron chi connectivity index (χ3n) is 5.60. The van der Waals surface area contributed by atoms with Crippen molar-refractivity contribution in [1.29, 1.82) is 0 Å². The summed E-state index contributed by atoms with van der Waals surface area (Å²) in [7, 11) is 1.57. The van der Waals surface area contributed by atoms with Gasteiger partial charge in [-0.1, -0.05) is 12.1 Å². The first kappa shape index (κ1) is 22.7. The quantitative estimate of drug-likeness (QED) is 0.293. The van der Waals surface area contributed by atoms with Crippen molar-refractivity contribution in [3.8, 4) is 57.1 Å². The summed E-state index contributed by atoms with van der Waals surface area (Å²) < 4.78 is 16.9. The maximum Gasteiger partial charge on any atom is 0.335 e. The number of aromatic hydroxyl groups is 1. The zero-order valence-electron chi connectivity index (χ0n) is 19.2. The second kappa shape index (κ2) is 8.95. The number of hydrogen-bond donors (Lipinski definition) is 3. The summed E-state index contributed by atoms with van der Waals surface area (Å²) in [6.07, 6.45) is 0. The molecule has 0 radical (unpaired) electrons. The number of aromatic carboxylic acids is 1. The van der Waals surface area contributed by atoms with Crippen molar-refractivity contribution in [3.05, 3.63) is 88.3 Å². The number of aromatic nitrogens is 2. The van der Waals surface area contributed by atoms with Crippen LogP contribution in [0.15, 0.2) is 80.4 Å². The standard InChI is InChI=1S/C27H20N2O7/c1-14-13-19(30)24(31)25(35-14)23-22(16-7-9-18(34-2)10-8-16)28-26(29-23)21-12-11-20(36-21)15-3-5-17(6-4-15)27(32)33/h3-13,31H,1-2H3,(H,28,29)(H,32,33). The van der Waals surface area contributed by atoms with Gasteiger partial charge >= 0.3 is 5.97 Å². The van der Waals surface area contributed by atoms with Gasteiger partial charge in [-0.25, -0.2) is 9.78 Å². The van der Waals surface area contributed by atoms with Gasteiger partial charge in [0.25, 0.3) is 0 Å². The van der Waals surface area contributed by atoms with Gasteiger partial charge in [-0.3, -0.25) is 4.79 Å². The lowest BCUT2D eigenvalue weighted by Gasteiger charge is -2.06. The number of ether oxygens (including phenoxy) is 1. The lowest BCUT2D eigenvalue weighted by Crippen LogP contribution is -2.01. The largest absolute Gasteiger partial charge is 0.501 e. The number of hydrogen-bond acceptors (Lipinski definition) is 7. The molecule has 9 heteroatoms. The molecule has 0 unspecified atom stereocenters. The van der Waals surface area contributed by atoms with Gasteiger partial charge in [-0.15, -0.1) is 0 Å². The number of aryl methyl sites for hydroxylation is 1. The monoisotopic (exact) mass is 484 g/mol. The van der Waals surface area contributed by atoms with E-state index in [0.717, 1.165) is 0 Å². The molecule has 2 aromatic carbocycles. The fourth-order valence-electron chi connectivity index (χ4n) is 3.78. The van der Waals surface area contributed by atoms with Crippen LogP contribution in [-0.2, 0) is 0 Å². The van der Waals surface area contributed by atoms with Gasteiger partial charge in [-0.05, 0) is 55.5 Å². The SMILES string of the molecule is COc1ccc(-c2nc(-c3ccc(-c4ccc(C(=O)O)cc4)o3)[nH]c2-c2oc(C)cc(=O)c2O)cc1. The number of carboxylic acids is 1. The molecule has 3 aromatic heterocycles. The molecule has 0 spiro atoms. The molecule has 0 aliphatic carbocycles. The van der Waals surface area contributed by atoms with Crippen molar-refractivity contribution in [2.24, 2.45) is 0 Å². The highest BCUT2D eigenvalue weighted by molar-refractivity contribution is 5.88. The van der Waals surface area contributed by atoms with E-state index in [9.17, 15) is 14.7 Å². The van der Waals surface area contributed by atoms with Crippen LogP contribution in [0.1, 0.15) is 16.1 Å². The van der Waals surface area contributed by atoms with Crippen LogP contribution in [-0.4, -0.2) is 33.3 Å². The number of aromatic amines is 1. The number of carbonyl (C=O) groups is 1. The molecule has 5 aromatic rings. The van der Waals surface area contributed by atoms with E-state index < -0.39 is 17.1 Å². The van der Waals surface area contributed by atoms with E-state index in [-0.39, 0.29) is 11.3 Å². The van der Waals surface area contributed by atoms with E-state index in [0.29, 0.717) is 51.4 Å². The topological polar surface area (TPSA) is 139 Å². The number of nitrogens with one attached hydrogen (secondary N) is 1. The lowest BCUT2D eigenvalue weighted by atomic mass is 10.1. The molecule has 36 heavy (non-hydrogen) atoms. The molecule has 9 nitrogen and oxygen atoms in total. The van der Waals surface area contributed by atoms with E-state index in [1.54, 1.807) is 62.6 Å². The predicted octanol–water partition coefficient (Wildman–Crippen LogP) is 5.34. The van der Waals surface area contributed by atoms with Gasteiger partial charge in [-0.2, -0.15) is 0 Å². The van der Waals surface area contributed by atoms with Crippen molar-refractivity contribution in [2.75, 3.05) is 7.11 Å². The zero-order chi connectivity index (χ0) is 25.4. The smallest absolute Gasteiger partial charge is 0.335 e. The summed E-state index contributed by atoms with van der Waals surface area (Å²) in [5.41, 5.74) is 1.71. The molecule has 0 saturated heterocycles. The molecule has 0 saturated carbocycles. The number of nitrogens with zero attached hydrogens (tertiary/aromatic N) is 1. The fraction of sp³-hybridized carbons (Fsp3) is 0.0741. The lowest BCUT2D eigenvalue weighted by molar-refractivity contribution is 0.0697. The first-order valence-electron chi connectivity index (χ1n) is 10.9. The Morgan fingerprint density at radius 2 is 1.61 bits per heavy atom. The number of methoxy groups -OCH3 is 1. The summed E-state index contributed by atoms with van der Waals surface area (Å²) in [4.78, 5) is 31.2. The molecule has 0 amide bonds. The molecule has 3 heterocycles. The number of carboxylic acid groups (broad SMARTS) is 1. The van der Waals surface area contributed by atoms with Crippen molar-refractivity contribution in [2.45, 2.75) is 6.92 Å². The molecule has 0 bridgehead atoms. The minimum atomic E-state index is -1.01. The molecule has 0 atom stereocenters. The molecule has 180 valence electrons. The minimum absolute atomic E-state index is 0.0411. The zero-order valence-corrected chi connectivity index (χ0v) is 19.2.